The summed E-state index contributed by atoms with van der Waals surface area (Å²) in [7, 11) is 0. The van der Waals surface area contributed by atoms with E-state index in [1.165, 1.54) is 0 Å². The summed E-state index contributed by atoms with van der Waals surface area (Å²) in [5.41, 5.74) is 7.06. The van der Waals surface area contributed by atoms with Crippen molar-refractivity contribution in [3.05, 3.63) is 11.0 Å². The summed E-state index contributed by atoms with van der Waals surface area (Å²) in [6, 6.07) is 0.179. The molecule has 6 heteroatoms. The van der Waals surface area contributed by atoms with Crippen LogP contribution in [0.15, 0.2) is 0 Å². The Morgan fingerprint density at radius 2 is 1.93 bits per heavy atom. The average Bonchev–Trinajstić information content (AvgIpc) is 2.40. The topological polar surface area (TPSA) is 69.6 Å². The van der Waals surface area contributed by atoms with Crippen LogP contribution in [-0.4, -0.2) is 19.5 Å². The molecule has 0 aliphatic heterocycles. The van der Waals surface area contributed by atoms with E-state index in [1.54, 1.807) is 6.92 Å². The highest BCUT2D eigenvalue weighted by atomic mass is 35.5. The molecule has 2 aromatic heterocycles. The van der Waals surface area contributed by atoms with Crippen LogP contribution in [0.3, 0.4) is 0 Å². The lowest BCUT2D eigenvalue weighted by Gasteiger charge is -2.10. The molecule has 0 bridgehead atoms. The number of hydrogen-bond acceptors (Lipinski definition) is 4. The minimum absolute atomic E-state index is 0.179. The molecule has 0 aromatic carbocycles. The molecular formula is C9H12ClN5. The first-order valence-electron chi connectivity index (χ1n) is 4.68. The van der Waals surface area contributed by atoms with Gasteiger partial charge in [0.05, 0.1) is 0 Å². The van der Waals surface area contributed by atoms with Crippen molar-refractivity contribution >= 4 is 28.7 Å². The number of imidazole rings is 1. The Balaban J connectivity index is 2.87. The second-order valence-electron chi connectivity index (χ2n) is 3.67. The summed E-state index contributed by atoms with van der Waals surface area (Å²) in [6.07, 6.45) is 0. The second-order valence-corrected chi connectivity index (χ2v) is 4.03. The number of nitrogens with two attached hydrogens (primary N) is 1. The molecule has 0 atom stereocenters. The minimum Gasteiger partial charge on any atom is -0.369 e. The highest BCUT2D eigenvalue weighted by Crippen LogP contribution is 2.26. The fourth-order valence-electron chi connectivity index (χ4n) is 1.60. The first-order chi connectivity index (χ1) is 7.00. The van der Waals surface area contributed by atoms with E-state index < -0.39 is 0 Å². The Labute approximate surface area is 92.3 Å². The maximum Gasteiger partial charge on any atom is 0.203 e. The highest BCUT2D eigenvalue weighted by molar-refractivity contribution is 6.33. The smallest absolute Gasteiger partial charge is 0.203 e. The number of aromatic nitrogens is 4. The van der Waals surface area contributed by atoms with E-state index >= 15 is 0 Å². The van der Waals surface area contributed by atoms with Crippen LogP contribution in [0.4, 0.5) is 5.95 Å². The van der Waals surface area contributed by atoms with Crippen molar-refractivity contribution in [1.82, 2.24) is 19.5 Å². The van der Waals surface area contributed by atoms with Crippen LogP contribution >= 0.6 is 11.6 Å². The molecule has 2 aromatic rings. The number of nitrogen functional groups attached to an aromatic ring is 1. The molecule has 0 amide bonds. The molecule has 0 aliphatic carbocycles. The number of rotatable bonds is 1. The van der Waals surface area contributed by atoms with Gasteiger partial charge in [-0.3, -0.25) is 0 Å². The van der Waals surface area contributed by atoms with Gasteiger partial charge >= 0.3 is 0 Å². The van der Waals surface area contributed by atoms with Crippen molar-refractivity contribution in [1.29, 1.82) is 0 Å². The van der Waals surface area contributed by atoms with Crippen LogP contribution in [0.25, 0.3) is 11.2 Å². The number of nitrogens with zero attached hydrogens (tertiary/aromatic N) is 4. The standard InChI is InChI=1S/C9H12ClN5/c1-4(2)15-6-7(10)12-5(3)13-8(6)14-9(15)11/h4H,1-3H3,(H2,11,12,13,14). The summed E-state index contributed by atoms with van der Waals surface area (Å²) in [5, 5.41) is 0.399. The van der Waals surface area contributed by atoms with Gasteiger partial charge in [-0.1, -0.05) is 11.6 Å². The monoisotopic (exact) mass is 225 g/mol. The molecular weight excluding hydrogens is 214 g/mol. The van der Waals surface area contributed by atoms with Crippen LogP contribution in [0.5, 0.6) is 0 Å². The van der Waals surface area contributed by atoms with Crippen molar-refractivity contribution < 1.29 is 0 Å². The Kier molecular flexibility index (Phi) is 2.26. The molecule has 2 rings (SSSR count). The van der Waals surface area contributed by atoms with E-state index in [0.29, 0.717) is 28.1 Å². The maximum atomic E-state index is 6.06. The molecule has 2 N–H and O–H groups in total. The van der Waals surface area contributed by atoms with Crippen LogP contribution in [0, 0.1) is 6.92 Å². The van der Waals surface area contributed by atoms with E-state index in [9.17, 15) is 0 Å². The van der Waals surface area contributed by atoms with Gasteiger partial charge in [-0.05, 0) is 20.8 Å². The highest BCUT2D eigenvalue weighted by Gasteiger charge is 2.16. The number of halogens is 1. The predicted octanol–water partition coefficient (Wildman–Crippen LogP) is 1.95. The van der Waals surface area contributed by atoms with Gasteiger partial charge in [-0.15, -0.1) is 0 Å². The fraction of sp³-hybridized carbons (Fsp3) is 0.444. The van der Waals surface area contributed by atoms with Gasteiger partial charge in [0.2, 0.25) is 5.95 Å². The molecule has 0 aliphatic rings. The first kappa shape index (κ1) is 10.2. The number of anilines is 1. The van der Waals surface area contributed by atoms with Gasteiger partial charge < -0.3 is 10.3 Å². The van der Waals surface area contributed by atoms with Crippen molar-refractivity contribution in [3.8, 4) is 0 Å². The van der Waals surface area contributed by atoms with Gasteiger partial charge in [-0.25, -0.2) is 9.97 Å². The SMILES string of the molecule is Cc1nc(Cl)c2c(n1)nc(N)n2C(C)C. The maximum absolute atomic E-state index is 6.06. The van der Waals surface area contributed by atoms with Crippen molar-refractivity contribution in [3.63, 3.8) is 0 Å². The zero-order chi connectivity index (χ0) is 11.2. The molecule has 2 heterocycles. The van der Waals surface area contributed by atoms with E-state index in [2.05, 4.69) is 15.0 Å². The molecule has 0 spiro atoms. The number of aryl methyl sites for hydroxylation is 1. The Hall–Kier alpha value is -1.36. The second kappa shape index (κ2) is 3.34. The zero-order valence-corrected chi connectivity index (χ0v) is 9.58. The molecule has 0 fully saturated rings. The number of hydrogen-bond donors (Lipinski definition) is 1. The molecule has 0 radical (unpaired) electrons. The van der Waals surface area contributed by atoms with Crippen LogP contribution in [0.2, 0.25) is 5.15 Å². The third-order valence-electron chi connectivity index (χ3n) is 2.16. The molecule has 0 saturated carbocycles. The van der Waals surface area contributed by atoms with Crippen molar-refractivity contribution in [2.24, 2.45) is 0 Å². The lowest BCUT2D eigenvalue weighted by molar-refractivity contribution is 0.626. The molecule has 5 nitrogen and oxygen atoms in total. The van der Waals surface area contributed by atoms with Crippen LogP contribution < -0.4 is 5.73 Å². The minimum atomic E-state index is 0.179. The summed E-state index contributed by atoms with van der Waals surface area (Å²) < 4.78 is 1.83. The molecule has 0 saturated heterocycles. The van der Waals surface area contributed by atoms with Crippen molar-refractivity contribution in [2.45, 2.75) is 26.8 Å². The first-order valence-corrected chi connectivity index (χ1v) is 5.06. The summed E-state index contributed by atoms with van der Waals surface area (Å²) in [4.78, 5) is 12.5. The van der Waals surface area contributed by atoms with E-state index in [-0.39, 0.29) is 6.04 Å². The third kappa shape index (κ3) is 1.52. The van der Waals surface area contributed by atoms with E-state index in [0.717, 1.165) is 0 Å². The third-order valence-corrected chi connectivity index (χ3v) is 2.42. The molecule has 80 valence electrons. The van der Waals surface area contributed by atoms with E-state index in [1.807, 2.05) is 18.4 Å². The lowest BCUT2D eigenvalue weighted by Crippen LogP contribution is -2.06. The largest absolute Gasteiger partial charge is 0.369 e. The normalized spacial score (nSPS) is 11.5. The van der Waals surface area contributed by atoms with E-state index in [4.69, 9.17) is 17.3 Å². The summed E-state index contributed by atoms with van der Waals surface area (Å²) in [6.45, 7) is 5.79. The van der Waals surface area contributed by atoms with Gasteiger partial charge in [0.25, 0.3) is 0 Å². The Morgan fingerprint density at radius 3 is 2.53 bits per heavy atom. The lowest BCUT2D eigenvalue weighted by atomic mass is 10.4. The Bertz CT molecular complexity index is 517. The quantitative estimate of drug-likeness (QED) is 0.754. The van der Waals surface area contributed by atoms with Crippen LogP contribution in [-0.2, 0) is 0 Å². The van der Waals surface area contributed by atoms with Crippen LogP contribution in [0.1, 0.15) is 25.7 Å². The summed E-state index contributed by atoms with van der Waals surface area (Å²) in [5.74, 6) is 1.02. The van der Waals surface area contributed by atoms with Gasteiger partial charge in [0, 0.05) is 6.04 Å². The van der Waals surface area contributed by atoms with Gasteiger partial charge in [0.1, 0.15) is 11.3 Å². The fourth-order valence-corrected chi connectivity index (χ4v) is 1.90. The Morgan fingerprint density at radius 1 is 1.27 bits per heavy atom. The van der Waals surface area contributed by atoms with Gasteiger partial charge in [0.15, 0.2) is 10.8 Å². The molecule has 15 heavy (non-hydrogen) atoms. The zero-order valence-electron chi connectivity index (χ0n) is 8.82. The van der Waals surface area contributed by atoms with Crippen molar-refractivity contribution in [2.75, 3.05) is 5.73 Å². The van der Waals surface area contributed by atoms with Gasteiger partial charge in [-0.2, -0.15) is 4.98 Å². The average molecular weight is 226 g/mol. The molecule has 0 unspecified atom stereocenters. The number of fused-ring (bicyclic) bond motifs is 1. The summed E-state index contributed by atoms with van der Waals surface area (Å²) >= 11 is 6.06. The predicted molar refractivity (Wildman–Crippen MR) is 59.9 cm³/mol.